The molecule has 0 atom stereocenters. The molecular weight excluding hydrogens is 399 g/mol. The number of rotatable bonds is 6. The van der Waals surface area contributed by atoms with Crippen molar-refractivity contribution in [2.75, 3.05) is 18.9 Å². The zero-order valence-electron chi connectivity index (χ0n) is 13.8. The molecule has 0 saturated carbocycles. The minimum absolute atomic E-state index is 0.00964. The Morgan fingerprint density at radius 1 is 1.13 bits per heavy atom. The Bertz CT molecular complexity index is 653. The Labute approximate surface area is 152 Å². The van der Waals surface area contributed by atoms with E-state index in [1.54, 1.807) is 0 Å². The lowest BCUT2D eigenvalue weighted by atomic mass is 10.0. The fourth-order valence-electron chi connectivity index (χ4n) is 2.37. The molecule has 0 radical (unpaired) electrons. The molecule has 0 aliphatic heterocycles. The molecule has 2 aromatic carbocycles. The van der Waals surface area contributed by atoms with E-state index in [4.69, 9.17) is 0 Å². The van der Waals surface area contributed by atoms with Crippen molar-refractivity contribution < 1.29 is 4.79 Å². The van der Waals surface area contributed by atoms with Gasteiger partial charge in [-0.3, -0.25) is 9.69 Å². The first-order chi connectivity index (χ1) is 11.0. The molecule has 23 heavy (non-hydrogen) atoms. The van der Waals surface area contributed by atoms with Crippen LogP contribution in [0.3, 0.4) is 0 Å². The zero-order chi connectivity index (χ0) is 16.8. The molecular formula is C19H23IN2O. The molecule has 0 fully saturated rings. The molecule has 0 spiro atoms. The molecule has 0 unspecified atom stereocenters. The predicted octanol–water partition coefficient (Wildman–Crippen LogP) is 4.49. The number of hydrogen-bond donors (Lipinski definition) is 1. The second kappa shape index (κ2) is 8.45. The number of anilines is 1. The summed E-state index contributed by atoms with van der Waals surface area (Å²) in [6.45, 7) is 5.52. The number of nitrogens with zero attached hydrogens (tertiary/aromatic N) is 1. The number of halogens is 1. The van der Waals surface area contributed by atoms with Crippen LogP contribution < -0.4 is 5.32 Å². The lowest BCUT2D eigenvalue weighted by Crippen LogP contribution is -2.30. The van der Waals surface area contributed by atoms with Gasteiger partial charge in [-0.1, -0.05) is 50.2 Å². The van der Waals surface area contributed by atoms with E-state index in [1.165, 1.54) is 11.1 Å². The maximum absolute atomic E-state index is 12.2. The number of amides is 1. The van der Waals surface area contributed by atoms with Gasteiger partial charge in [0.25, 0.3) is 0 Å². The van der Waals surface area contributed by atoms with Crippen molar-refractivity contribution in [3.63, 3.8) is 0 Å². The van der Waals surface area contributed by atoms with Crippen molar-refractivity contribution in [2.24, 2.45) is 0 Å². The molecule has 3 nitrogen and oxygen atoms in total. The van der Waals surface area contributed by atoms with Crippen molar-refractivity contribution >= 4 is 34.2 Å². The van der Waals surface area contributed by atoms with Crippen LogP contribution in [-0.2, 0) is 11.3 Å². The Kier molecular flexibility index (Phi) is 6.59. The number of benzene rings is 2. The average molecular weight is 422 g/mol. The highest BCUT2D eigenvalue weighted by Gasteiger charge is 2.09. The number of nitrogens with one attached hydrogen (secondary N) is 1. The van der Waals surface area contributed by atoms with Gasteiger partial charge in [0.2, 0.25) is 5.91 Å². The Balaban J connectivity index is 1.87. The standard InChI is InChI=1S/C19H23IN2O/c1-14(2)16-10-8-15(9-11-16)12-22(3)13-19(23)21-18-7-5-4-6-17(18)20/h4-11,14H,12-13H2,1-3H3,(H,21,23). The molecule has 0 bridgehead atoms. The molecule has 0 heterocycles. The summed E-state index contributed by atoms with van der Waals surface area (Å²) in [4.78, 5) is 14.2. The molecule has 0 aromatic heterocycles. The van der Waals surface area contributed by atoms with Gasteiger partial charge < -0.3 is 5.32 Å². The van der Waals surface area contributed by atoms with E-state index in [2.05, 4.69) is 66.0 Å². The van der Waals surface area contributed by atoms with E-state index in [0.29, 0.717) is 12.5 Å². The van der Waals surface area contributed by atoms with Crippen molar-refractivity contribution in [1.29, 1.82) is 0 Å². The van der Waals surface area contributed by atoms with E-state index in [-0.39, 0.29) is 5.91 Å². The van der Waals surface area contributed by atoms with Crippen molar-refractivity contribution in [3.05, 3.63) is 63.2 Å². The van der Waals surface area contributed by atoms with E-state index in [9.17, 15) is 4.79 Å². The van der Waals surface area contributed by atoms with E-state index in [0.717, 1.165) is 15.8 Å². The second-order valence-electron chi connectivity index (χ2n) is 6.10. The predicted molar refractivity (Wildman–Crippen MR) is 105 cm³/mol. The van der Waals surface area contributed by atoms with E-state index >= 15 is 0 Å². The summed E-state index contributed by atoms with van der Waals surface area (Å²) in [5, 5.41) is 2.96. The lowest BCUT2D eigenvalue weighted by molar-refractivity contribution is -0.117. The maximum Gasteiger partial charge on any atom is 0.238 e. The minimum Gasteiger partial charge on any atom is -0.324 e. The highest BCUT2D eigenvalue weighted by atomic mass is 127. The van der Waals surface area contributed by atoms with Gasteiger partial charge >= 0.3 is 0 Å². The second-order valence-corrected chi connectivity index (χ2v) is 7.26. The lowest BCUT2D eigenvalue weighted by Gasteiger charge is -2.17. The first-order valence-corrected chi connectivity index (χ1v) is 8.85. The van der Waals surface area contributed by atoms with E-state index in [1.807, 2.05) is 36.2 Å². The number of carbonyl (C=O) groups excluding carboxylic acids is 1. The first-order valence-electron chi connectivity index (χ1n) is 7.77. The quantitative estimate of drug-likeness (QED) is 0.697. The summed E-state index contributed by atoms with van der Waals surface area (Å²) in [5.74, 6) is 0.552. The van der Waals surface area contributed by atoms with Crippen molar-refractivity contribution in [1.82, 2.24) is 4.90 Å². The summed E-state index contributed by atoms with van der Waals surface area (Å²) in [7, 11) is 1.96. The van der Waals surface area contributed by atoms with Crippen LogP contribution in [-0.4, -0.2) is 24.4 Å². The fraction of sp³-hybridized carbons (Fsp3) is 0.316. The highest BCUT2D eigenvalue weighted by molar-refractivity contribution is 14.1. The fourth-order valence-corrected chi connectivity index (χ4v) is 2.90. The van der Waals surface area contributed by atoms with Crippen LogP contribution in [0.5, 0.6) is 0 Å². The molecule has 122 valence electrons. The van der Waals surface area contributed by atoms with Gasteiger partial charge in [0.15, 0.2) is 0 Å². The molecule has 1 N–H and O–H groups in total. The van der Waals surface area contributed by atoms with Gasteiger partial charge in [-0.05, 0) is 58.8 Å². The van der Waals surface area contributed by atoms with Crippen LogP contribution >= 0.6 is 22.6 Å². The number of likely N-dealkylation sites (N-methyl/N-ethyl adjacent to an activating group) is 1. The van der Waals surface area contributed by atoms with Crippen LogP contribution in [0.1, 0.15) is 30.9 Å². The van der Waals surface area contributed by atoms with E-state index < -0.39 is 0 Å². The van der Waals surface area contributed by atoms with Crippen LogP contribution in [0.4, 0.5) is 5.69 Å². The van der Waals surface area contributed by atoms with Gasteiger partial charge in [0.1, 0.15) is 0 Å². The number of para-hydroxylation sites is 1. The summed E-state index contributed by atoms with van der Waals surface area (Å²) >= 11 is 2.23. The van der Waals surface area contributed by atoms with Crippen molar-refractivity contribution in [2.45, 2.75) is 26.3 Å². The molecule has 0 aliphatic rings. The monoisotopic (exact) mass is 422 g/mol. The Hall–Kier alpha value is -1.40. The summed E-state index contributed by atoms with van der Waals surface area (Å²) in [5.41, 5.74) is 3.43. The topological polar surface area (TPSA) is 32.3 Å². The van der Waals surface area contributed by atoms with Crippen LogP contribution in [0.2, 0.25) is 0 Å². The third kappa shape index (κ3) is 5.62. The van der Waals surface area contributed by atoms with Crippen LogP contribution in [0.25, 0.3) is 0 Å². The summed E-state index contributed by atoms with van der Waals surface area (Å²) in [6, 6.07) is 16.4. The van der Waals surface area contributed by atoms with Gasteiger partial charge in [0.05, 0.1) is 12.2 Å². The van der Waals surface area contributed by atoms with Gasteiger partial charge in [-0.25, -0.2) is 0 Å². The molecule has 0 aliphatic carbocycles. The minimum atomic E-state index is 0.00964. The van der Waals surface area contributed by atoms with Crippen molar-refractivity contribution in [3.8, 4) is 0 Å². The Morgan fingerprint density at radius 3 is 2.39 bits per heavy atom. The summed E-state index contributed by atoms with van der Waals surface area (Å²) in [6.07, 6.45) is 0. The molecule has 1 amide bonds. The van der Waals surface area contributed by atoms with Gasteiger partial charge in [0, 0.05) is 10.1 Å². The molecule has 0 saturated heterocycles. The SMILES string of the molecule is CC(C)c1ccc(CN(C)CC(=O)Nc2ccccc2I)cc1. The first kappa shape index (κ1) is 17.9. The number of hydrogen-bond acceptors (Lipinski definition) is 2. The smallest absolute Gasteiger partial charge is 0.238 e. The Morgan fingerprint density at radius 2 is 1.78 bits per heavy atom. The normalized spacial score (nSPS) is 11.0. The third-order valence-corrected chi connectivity index (χ3v) is 4.60. The average Bonchev–Trinajstić information content (AvgIpc) is 2.50. The molecule has 4 heteroatoms. The third-order valence-electron chi connectivity index (χ3n) is 3.66. The van der Waals surface area contributed by atoms with Gasteiger partial charge in [-0.15, -0.1) is 0 Å². The maximum atomic E-state index is 12.2. The van der Waals surface area contributed by atoms with Crippen LogP contribution in [0, 0.1) is 3.57 Å². The molecule has 2 aromatic rings. The number of carbonyl (C=O) groups is 1. The largest absolute Gasteiger partial charge is 0.324 e. The molecule has 2 rings (SSSR count). The highest BCUT2D eigenvalue weighted by Crippen LogP contribution is 2.17. The van der Waals surface area contributed by atoms with Crippen LogP contribution in [0.15, 0.2) is 48.5 Å². The summed E-state index contributed by atoms with van der Waals surface area (Å²) < 4.78 is 1.05. The zero-order valence-corrected chi connectivity index (χ0v) is 16.0. The van der Waals surface area contributed by atoms with Gasteiger partial charge in [-0.2, -0.15) is 0 Å².